The molecular formula is C11H9ClN4O4. The molecular weight excluding hydrogens is 288 g/mol. The van der Waals surface area contributed by atoms with Crippen molar-refractivity contribution in [2.75, 3.05) is 7.11 Å². The van der Waals surface area contributed by atoms with E-state index in [0.717, 1.165) is 4.68 Å². The van der Waals surface area contributed by atoms with Gasteiger partial charge < -0.3 is 14.7 Å². The molecule has 0 amide bonds. The predicted octanol–water partition coefficient (Wildman–Crippen LogP) is 1.96. The molecule has 2 rings (SSSR count). The summed E-state index contributed by atoms with van der Waals surface area (Å²) in [4.78, 5) is 19.2. The van der Waals surface area contributed by atoms with Gasteiger partial charge in [-0.25, -0.2) is 9.78 Å². The van der Waals surface area contributed by atoms with Gasteiger partial charge >= 0.3 is 6.16 Å². The Labute approximate surface area is 118 Å². The van der Waals surface area contributed by atoms with Gasteiger partial charge in [0.15, 0.2) is 5.82 Å². The Kier molecular flexibility index (Phi) is 4.16. The van der Waals surface area contributed by atoms with Crippen molar-refractivity contribution in [2.45, 2.75) is 0 Å². The normalized spacial score (nSPS) is 10.7. The van der Waals surface area contributed by atoms with Gasteiger partial charge in [0.1, 0.15) is 12.8 Å². The molecule has 0 unspecified atom stereocenters. The Balaban J connectivity index is 2.49. The molecule has 104 valence electrons. The predicted molar refractivity (Wildman–Crippen MR) is 69.6 cm³/mol. The van der Waals surface area contributed by atoms with Gasteiger partial charge in [0.25, 0.3) is 0 Å². The molecule has 20 heavy (non-hydrogen) atoms. The summed E-state index contributed by atoms with van der Waals surface area (Å²) in [6.45, 7) is 0. The standard InChI is InChI=1S/C11H9ClN4O4/c1-19-14-6-7-5-9(20-11(17)18)16(15-7)10-8(12)3-2-4-13-10/h2-6H,1H3,(H,17,18). The lowest BCUT2D eigenvalue weighted by Gasteiger charge is -2.05. The molecule has 2 aromatic rings. The van der Waals surface area contributed by atoms with E-state index < -0.39 is 6.16 Å². The van der Waals surface area contributed by atoms with E-state index in [9.17, 15) is 4.79 Å². The third-order valence-corrected chi connectivity index (χ3v) is 2.41. The lowest BCUT2D eigenvalue weighted by atomic mass is 10.4. The number of halogens is 1. The molecule has 0 radical (unpaired) electrons. The molecule has 2 aromatic heterocycles. The van der Waals surface area contributed by atoms with Gasteiger partial charge in [0.05, 0.1) is 11.2 Å². The van der Waals surface area contributed by atoms with Gasteiger partial charge in [-0.05, 0) is 12.1 Å². The minimum absolute atomic E-state index is 0.0596. The first-order chi connectivity index (χ1) is 9.61. The van der Waals surface area contributed by atoms with Crippen molar-refractivity contribution >= 4 is 24.0 Å². The van der Waals surface area contributed by atoms with Gasteiger partial charge in [0, 0.05) is 12.3 Å². The third-order valence-electron chi connectivity index (χ3n) is 2.12. The van der Waals surface area contributed by atoms with Crippen LogP contribution in [0.2, 0.25) is 5.02 Å². The molecule has 0 aliphatic heterocycles. The van der Waals surface area contributed by atoms with Crippen LogP contribution in [0.15, 0.2) is 29.6 Å². The monoisotopic (exact) mass is 296 g/mol. The van der Waals surface area contributed by atoms with Gasteiger partial charge in [-0.2, -0.15) is 9.78 Å². The number of hydrogen-bond donors (Lipinski definition) is 1. The number of carbonyl (C=O) groups is 1. The van der Waals surface area contributed by atoms with E-state index in [1.54, 1.807) is 12.1 Å². The van der Waals surface area contributed by atoms with Crippen molar-refractivity contribution in [3.05, 3.63) is 35.1 Å². The van der Waals surface area contributed by atoms with E-state index in [1.165, 1.54) is 25.6 Å². The Morgan fingerprint density at radius 3 is 3.05 bits per heavy atom. The molecule has 0 saturated carbocycles. The minimum Gasteiger partial charge on any atom is -0.449 e. The average molecular weight is 297 g/mol. The van der Waals surface area contributed by atoms with Crippen molar-refractivity contribution < 1.29 is 19.5 Å². The lowest BCUT2D eigenvalue weighted by molar-refractivity contribution is 0.141. The highest BCUT2D eigenvalue weighted by Gasteiger charge is 2.16. The number of nitrogens with zero attached hydrogens (tertiary/aromatic N) is 4. The highest BCUT2D eigenvalue weighted by molar-refractivity contribution is 6.32. The van der Waals surface area contributed by atoms with E-state index >= 15 is 0 Å². The molecule has 0 fully saturated rings. The zero-order valence-electron chi connectivity index (χ0n) is 10.2. The van der Waals surface area contributed by atoms with Crippen LogP contribution in [0.1, 0.15) is 5.69 Å². The molecule has 8 nitrogen and oxygen atoms in total. The molecule has 0 aromatic carbocycles. The van der Waals surface area contributed by atoms with Crippen LogP contribution in [0.3, 0.4) is 0 Å². The number of carboxylic acid groups (broad SMARTS) is 1. The smallest absolute Gasteiger partial charge is 0.449 e. The Morgan fingerprint density at radius 1 is 1.60 bits per heavy atom. The van der Waals surface area contributed by atoms with Gasteiger partial charge in [0.2, 0.25) is 5.88 Å². The third kappa shape index (κ3) is 3.04. The van der Waals surface area contributed by atoms with Gasteiger partial charge in [-0.1, -0.05) is 16.8 Å². The molecule has 2 heterocycles. The fourth-order valence-electron chi connectivity index (χ4n) is 1.40. The second kappa shape index (κ2) is 6.02. The maximum atomic E-state index is 10.7. The van der Waals surface area contributed by atoms with Crippen molar-refractivity contribution in [1.82, 2.24) is 14.8 Å². The van der Waals surface area contributed by atoms with E-state index in [0.29, 0.717) is 10.7 Å². The summed E-state index contributed by atoms with van der Waals surface area (Å²) >= 11 is 6.00. The molecule has 0 spiro atoms. The Morgan fingerprint density at radius 2 is 2.40 bits per heavy atom. The number of ether oxygens (including phenoxy) is 1. The highest BCUT2D eigenvalue weighted by Crippen LogP contribution is 2.23. The first-order valence-corrected chi connectivity index (χ1v) is 5.68. The topological polar surface area (TPSA) is 98.8 Å². The number of oxime groups is 1. The zero-order valence-corrected chi connectivity index (χ0v) is 11.0. The van der Waals surface area contributed by atoms with Crippen LogP contribution in [0.5, 0.6) is 5.88 Å². The molecule has 0 aliphatic rings. The van der Waals surface area contributed by atoms with E-state index in [-0.39, 0.29) is 11.7 Å². The van der Waals surface area contributed by atoms with Crippen molar-refractivity contribution in [3.8, 4) is 11.7 Å². The van der Waals surface area contributed by atoms with Crippen molar-refractivity contribution in [1.29, 1.82) is 0 Å². The summed E-state index contributed by atoms with van der Waals surface area (Å²) in [7, 11) is 1.37. The van der Waals surface area contributed by atoms with Crippen LogP contribution in [0, 0.1) is 0 Å². The molecule has 0 aliphatic carbocycles. The van der Waals surface area contributed by atoms with Crippen molar-refractivity contribution in [2.24, 2.45) is 5.16 Å². The average Bonchev–Trinajstić information content (AvgIpc) is 2.79. The summed E-state index contributed by atoms with van der Waals surface area (Å²) in [5.41, 5.74) is 0.324. The molecule has 0 bridgehead atoms. The second-order valence-corrected chi connectivity index (χ2v) is 3.82. The summed E-state index contributed by atoms with van der Waals surface area (Å²) in [6.07, 6.45) is 1.31. The molecule has 1 N–H and O–H groups in total. The minimum atomic E-state index is -1.48. The van der Waals surface area contributed by atoms with Gasteiger partial charge in [-0.3, -0.25) is 0 Å². The van der Waals surface area contributed by atoms with E-state index in [1.807, 2.05) is 0 Å². The number of aromatic nitrogens is 3. The molecule has 0 atom stereocenters. The fourth-order valence-corrected chi connectivity index (χ4v) is 1.60. The summed E-state index contributed by atoms with van der Waals surface area (Å²) in [6, 6.07) is 4.60. The second-order valence-electron chi connectivity index (χ2n) is 3.41. The maximum absolute atomic E-state index is 10.7. The zero-order chi connectivity index (χ0) is 14.5. The number of rotatable bonds is 4. The fraction of sp³-hybridized carbons (Fsp3) is 0.0909. The largest absolute Gasteiger partial charge is 0.512 e. The van der Waals surface area contributed by atoms with Gasteiger partial charge in [-0.15, -0.1) is 0 Å². The quantitative estimate of drug-likeness (QED) is 0.526. The first-order valence-electron chi connectivity index (χ1n) is 5.30. The van der Waals surface area contributed by atoms with Crippen LogP contribution in [-0.2, 0) is 4.84 Å². The summed E-state index contributed by atoms with van der Waals surface area (Å²) in [5.74, 6) is 0.179. The summed E-state index contributed by atoms with van der Waals surface area (Å²) < 4.78 is 5.79. The van der Waals surface area contributed by atoms with Crippen molar-refractivity contribution in [3.63, 3.8) is 0 Å². The van der Waals surface area contributed by atoms with Crippen LogP contribution in [0.25, 0.3) is 5.82 Å². The van der Waals surface area contributed by atoms with E-state index in [2.05, 4.69) is 24.8 Å². The molecule has 0 saturated heterocycles. The SMILES string of the molecule is CON=Cc1cc(OC(=O)O)n(-c2ncccc2Cl)n1. The maximum Gasteiger partial charge on any atom is 0.512 e. The lowest BCUT2D eigenvalue weighted by Crippen LogP contribution is -2.09. The first kappa shape index (κ1) is 13.8. The summed E-state index contributed by atoms with van der Waals surface area (Å²) in [5, 5.41) is 16.6. The van der Waals surface area contributed by atoms with E-state index in [4.69, 9.17) is 16.7 Å². The Hall–Kier alpha value is -2.61. The van der Waals surface area contributed by atoms with Crippen LogP contribution in [0.4, 0.5) is 4.79 Å². The highest BCUT2D eigenvalue weighted by atomic mass is 35.5. The Bertz CT molecular complexity index is 656. The number of pyridine rings is 1. The molecule has 9 heteroatoms. The van der Waals surface area contributed by atoms with Crippen LogP contribution in [-0.4, -0.2) is 39.4 Å². The number of hydrogen-bond acceptors (Lipinski definition) is 6. The van der Waals surface area contributed by atoms with Crippen LogP contribution >= 0.6 is 11.6 Å². The van der Waals surface area contributed by atoms with Crippen LogP contribution < -0.4 is 4.74 Å².